The zero-order valence-electron chi connectivity index (χ0n) is 43.7. The molecular formula is C57H62ClF2N9O8S. The van der Waals surface area contributed by atoms with E-state index in [1.54, 1.807) is 65.5 Å². The van der Waals surface area contributed by atoms with Gasteiger partial charge in [-0.25, -0.2) is 23.7 Å². The first-order valence-electron chi connectivity index (χ1n) is 25.6. The summed E-state index contributed by atoms with van der Waals surface area (Å²) in [7, 11) is 0. The Labute approximate surface area is 460 Å². The maximum Gasteiger partial charge on any atom is 0.251 e. The van der Waals surface area contributed by atoms with Crippen LogP contribution in [0.1, 0.15) is 78.3 Å². The van der Waals surface area contributed by atoms with Crippen molar-refractivity contribution in [1.29, 1.82) is 0 Å². The number of carbonyl (C=O) groups excluding carboxylic acids is 4. The largest absolute Gasteiger partial charge is 0.391 e. The zero-order chi connectivity index (χ0) is 55.3. The van der Waals surface area contributed by atoms with E-state index in [9.17, 15) is 33.1 Å². The van der Waals surface area contributed by atoms with Crippen molar-refractivity contribution < 1.29 is 47.3 Å². The second-order valence-corrected chi connectivity index (χ2v) is 21.2. The van der Waals surface area contributed by atoms with Crippen LogP contribution in [-0.4, -0.2) is 125 Å². The number of aliphatic hydroxyl groups excluding tert-OH is 1. The van der Waals surface area contributed by atoms with Crippen LogP contribution in [0.4, 0.5) is 20.4 Å². The third-order valence-electron chi connectivity index (χ3n) is 13.0. The molecule has 1 fully saturated rings. The number of aliphatic hydroxyl groups is 1. The number of hydrogen-bond acceptors (Lipinski definition) is 14. The smallest absolute Gasteiger partial charge is 0.251 e. The van der Waals surface area contributed by atoms with Crippen LogP contribution in [0.15, 0.2) is 102 Å². The van der Waals surface area contributed by atoms with Crippen LogP contribution in [0.3, 0.4) is 0 Å². The van der Waals surface area contributed by atoms with E-state index in [0.717, 1.165) is 21.7 Å². The van der Waals surface area contributed by atoms with Gasteiger partial charge < -0.3 is 45.5 Å². The molecule has 17 nitrogen and oxygen atoms in total. The molecule has 410 valence electrons. The molecule has 1 saturated heterocycles. The molecule has 2 aliphatic rings. The topological polar surface area (TPSA) is 219 Å². The molecule has 0 bridgehead atoms. The molecule has 0 spiro atoms. The van der Waals surface area contributed by atoms with Gasteiger partial charge in [0.05, 0.1) is 72.1 Å². The number of benzene rings is 4. The van der Waals surface area contributed by atoms with E-state index in [-0.39, 0.29) is 87.2 Å². The molecular weight excluding hydrogens is 1040 g/mol. The number of fused-ring (bicyclic) bond motifs is 3. The molecule has 4 aromatic carbocycles. The van der Waals surface area contributed by atoms with Gasteiger partial charge in [-0.15, -0.1) is 11.3 Å². The number of aromatic nitrogens is 3. The highest BCUT2D eigenvalue weighted by Gasteiger charge is 2.44. The molecule has 78 heavy (non-hydrogen) atoms. The molecule has 2 aromatic heterocycles. The summed E-state index contributed by atoms with van der Waals surface area (Å²) in [6, 6.07) is 21.5. The number of rotatable bonds is 23. The summed E-state index contributed by atoms with van der Waals surface area (Å²) in [5, 5.41) is 22.7. The summed E-state index contributed by atoms with van der Waals surface area (Å²) >= 11 is 7.92. The summed E-state index contributed by atoms with van der Waals surface area (Å²) in [5.41, 5.74) is 7.13. The number of β-amino-alcohol motifs (C(OH)–C–C–N with tert-alkyl or cyclic N) is 1. The number of carbonyl (C=O) groups is 4. The Kier molecular flexibility index (Phi) is 19.4. The number of hydrogen-bond donors (Lipinski definition) is 5. The number of aryl methyl sites for hydroxylation is 1. The van der Waals surface area contributed by atoms with Crippen LogP contribution in [0.5, 0.6) is 0 Å². The maximum atomic E-state index is 15.0. The van der Waals surface area contributed by atoms with Crippen molar-refractivity contribution in [3.8, 4) is 21.7 Å². The van der Waals surface area contributed by atoms with E-state index in [0.29, 0.717) is 71.5 Å². The minimum absolute atomic E-state index is 0.0192. The van der Waals surface area contributed by atoms with Crippen molar-refractivity contribution in [3.63, 3.8) is 0 Å². The number of ether oxygens (including phenoxy) is 3. The number of anilines is 2. The van der Waals surface area contributed by atoms with Gasteiger partial charge in [-0.1, -0.05) is 68.8 Å². The summed E-state index contributed by atoms with van der Waals surface area (Å²) < 4.78 is 46.8. The third-order valence-corrected chi connectivity index (χ3v) is 14.2. The Morgan fingerprint density at radius 1 is 0.872 bits per heavy atom. The summed E-state index contributed by atoms with van der Waals surface area (Å²) in [6.45, 7) is 9.87. The van der Waals surface area contributed by atoms with Crippen LogP contribution in [0, 0.1) is 24.0 Å². The second kappa shape index (κ2) is 26.5. The lowest BCUT2D eigenvalue weighted by Crippen LogP contribution is -2.57. The van der Waals surface area contributed by atoms with Gasteiger partial charge in [-0.3, -0.25) is 24.2 Å². The number of thiazole rings is 1. The van der Waals surface area contributed by atoms with Crippen molar-refractivity contribution in [1.82, 2.24) is 35.8 Å². The Hall–Kier alpha value is -7.07. The number of halogens is 3. The lowest BCUT2D eigenvalue weighted by molar-refractivity contribution is -0.144. The van der Waals surface area contributed by atoms with Gasteiger partial charge in [-0.2, -0.15) is 0 Å². The highest BCUT2D eigenvalue weighted by molar-refractivity contribution is 7.13. The molecule has 0 saturated carbocycles. The SMILES string of the molecule is Cc1ncsc1-c1ccc(CNC(=O)[C@@H]2C[C@@H](O)CN2C(=O)[C@@H](NC(=O)CCOCCCOCCOCCNC(=O)c2ccc(Nc3ncc4c(n3)-c3ccc(Cl)cc3C(c3c(F)cccc3F)=NC4)cc2)C(C)(C)C)cc1. The average Bonchev–Trinajstić information content (AvgIpc) is 4.05. The number of likely N-dealkylation sites (tertiary alicyclic amines) is 1. The van der Waals surface area contributed by atoms with Crippen LogP contribution < -0.4 is 21.3 Å². The molecule has 0 aliphatic carbocycles. The fraction of sp³-hybridized carbons (Fsp3) is 0.368. The maximum absolute atomic E-state index is 15.0. The van der Waals surface area contributed by atoms with Crippen molar-refractivity contribution in [2.45, 2.75) is 78.2 Å². The van der Waals surface area contributed by atoms with Crippen molar-refractivity contribution in [3.05, 3.63) is 147 Å². The average molecular weight is 1110 g/mol. The lowest BCUT2D eigenvalue weighted by atomic mass is 9.85. The van der Waals surface area contributed by atoms with Gasteiger partial charge >= 0.3 is 0 Å². The molecule has 3 atom stereocenters. The fourth-order valence-corrected chi connectivity index (χ4v) is 9.94. The fourth-order valence-electron chi connectivity index (χ4n) is 8.96. The first kappa shape index (κ1) is 57.1. The number of amides is 4. The Balaban J connectivity index is 0.683. The lowest BCUT2D eigenvalue weighted by Gasteiger charge is -2.35. The standard InChI is InChI=1S/C57H62ClF2N9O8S/c1-34-51(78-33-65-34)36-11-9-35(10-12-36)29-63-54(73)46-28-41(70)32-69(46)55(74)52(57(2,3)4)67-47(71)19-23-75-21-6-22-76-25-26-77-24-20-61-53(72)37-13-16-40(17-14-37)66-56-64-31-38-30-62-50(48-44(59)7-5-8-45(48)60)43-27-39(58)15-18-42(43)49(38)68-56/h5,7-18,27,31,33,41,46,52,70H,6,19-26,28-30,32H2,1-4H3,(H,61,72)(H,63,73)(H,67,71)(H,64,66,68)/t41-,46+,52-/m1/s1. The molecule has 4 heterocycles. The Morgan fingerprint density at radius 2 is 1.59 bits per heavy atom. The quantitative estimate of drug-likeness (QED) is 0.0386. The first-order valence-corrected chi connectivity index (χ1v) is 26.9. The minimum Gasteiger partial charge on any atom is -0.391 e. The summed E-state index contributed by atoms with van der Waals surface area (Å²) in [4.78, 5) is 73.9. The Morgan fingerprint density at radius 3 is 2.29 bits per heavy atom. The van der Waals surface area contributed by atoms with E-state index in [1.165, 1.54) is 23.1 Å². The second-order valence-electron chi connectivity index (χ2n) is 19.9. The number of aliphatic imine (C=N–C) groups is 1. The first-order chi connectivity index (χ1) is 37.5. The molecule has 21 heteroatoms. The molecule has 2 aliphatic heterocycles. The molecule has 5 N–H and O–H groups in total. The molecule has 0 unspecified atom stereocenters. The van der Waals surface area contributed by atoms with Crippen molar-refractivity contribution >= 4 is 63.9 Å². The van der Waals surface area contributed by atoms with Gasteiger partial charge in [0.15, 0.2) is 0 Å². The van der Waals surface area contributed by atoms with Gasteiger partial charge in [0.2, 0.25) is 23.7 Å². The predicted molar refractivity (Wildman–Crippen MR) is 294 cm³/mol. The normalized spacial score (nSPS) is 15.4. The highest BCUT2D eigenvalue weighted by Crippen LogP contribution is 2.35. The number of nitrogens with one attached hydrogen (secondary N) is 4. The van der Waals surface area contributed by atoms with Crippen LogP contribution in [0.25, 0.3) is 21.7 Å². The zero-order valence-corrected chi connectivity index (χ0v) is 45.3. The van der Waals surface area contributed by atoms with Crippen molar-refractivity contribution in [2.75, 3.05) is 58.0 Å². The molecule has 4 amide bonds. The number of nitrogens with zero attached hydrogens (tertiary/aromatic N) is 5. The van der Waals surface area contributed by atoms with Gasteiger partial charge in [0, 0.05) is 84.9 Å². The van der Waals surface area contributed by atoms with E-state index in [2.05, 4.69) is 36.2 Å². The molecule has 6 aromatic rings. The van der Waals surface area contributed by atoms with Gasteiger partial charge in [0.25, 0.3) is 5.91 Å². The monoisotopic (exact) mass is 1110 g/mol. The molecule has 0 radical (unpaired) electrons. The van der Waals surface area contributed by atoms with E-state index < -0.39 is 41.1 Å². The van der Waals surface area contributed by atoms with Gasteiger partial charge in [-0.05, 0) is 78.4 Å². The summed E-state index contributed by atoms with van der Waals surface area (Å²) in [5.74, 6) is -2.69. The summed E-state index contributed by atoms with van der Waals surface area (Å²) in [6.07, 6.45) is 1.43. The highest BCUT2D eigenvalue weighted by atomic mass is 35.5. The Bertz CT molecular complexity index is 3100. The van der Waals surface area contributed by atoms with Crippen molar-refractivity contribution in [2.24, 2.45) is 10.4 Å². The van der Waals surface area contributed by atoms with Crippen LogP contribution in [-0.2, 0) is 41.7 Å². The van der Waals surface area contributed by atoms with Crippen LogP contribution in [0.2, 0.25) is 5.02 Å². The molecule has 8 rings (SSSR count). The van der Waals surface area contributed by atoms with E-state index >= 15 is 0 Å². The van der Waals surface area contributed by atoms with E-state index in [1.807, 2.05) is 52.0 Å². The van der Waals surface area contributed by atoms with Gasteiger partial charge in [0.1, 0.15) is 23.7 Å². The predicted octanol–water partition coefficient (Wildman–Crippen LogP) is 7.97. The third kappa shape index (κ3) is 14.7. The minimum atomic E-state index is -0.945. The van der Waals surface area contributed by atoms with Crippen LogP contribution >= 0.6 is 22.9 Å². The van der Waals surface area contributed by atoms with E-state index in [4.69, 9.17) is 30.8 Å².